The fraction of sp³-hybridized carbons (Fsp3) is 0.385. The van der Waals surface area contributed by atoms with Gasteiger partial charge < -0.3 is 19.9 Å². The molecule has 1 atom stereocenters. The molecule has 0 saturated carbocycles. The van der Waals surface area contributed by atoms with Crippen LogP contribution in [0.1, 0.15) is 30.9 Å². The van der Waals surface area contributed by atoms with Gasteiger partial charge in [0.25, 0.3) is 5.56 Å². The van der Waals surface area contributed by atoms with Crippen LogP contribution in [0.3, 0.4) is 0 Å². The summed E-state index contributed by atoms with van der Waals surface area (Å²) in [5, 5.41) is 5.00. The number of thiocarbonyl (C=S) groups is 1. The molecule has 1 aliphatic heterocycles. The lowest BCUT2D eigenvalue weighted by Gasteiger charge is -2.32. The van der Waals surface area contributed by atoms with E-state index >= 15 is 0 Å². The van der Waals surface area contributed by atoms with Crippen LogP contribution < -0.4 is 15.6 Å². The number of aromatic nitrogens is 1. The van der Waals surface area contributed by atoms with E-state index in [1.807, 2.05) is 43.3 Å². The van der Waals surface area contributed by atoms with Crippen molar-refractivity contribution in [1.29, 1.82) is 0 Å². The smallest absolute Gasteiger partial charge is 0.253 e. The molecule has 1 fully saturated rings. The van der Waals surface area contributed by atoms with Crippen molar-refractivity contribution in [3.8, 4) is 5.75 Å². The summed E-state index contributed by atoms with van der Waals surface area (Å²) >= 11 is 5.84. The van der Waals surface area contributed by atoms with Crippen molar-refractivity contribution in [1.82, 2.24) is 14.8 Å². The highest BCUT2D eigenvalue weighted by Gasteiger charge is 2.26. The quantitative estimate of drug-likeness (QED) is 0.501. The van der Waals surface area contributed by atoms with Crippen LogP contribution in [-0.4, -0.2) is 52.7 Å². The average molecular weight is 465 g/mol. The number of likely N-dealkylation sites (tertiary alicyclic amines) is 1. The first-order chi connectivity index (χ1) is 16.0. The molecule has 1 aliphatic rings. The molecule has 174 valence electrons. The highest BCUT2D eigenvalue weighted by Crippen LogP contribution is 2.21. The first kappa shape index (κ1) is 23.3. The second kappa shape index (κ2) is 10.4. The van der Waals surface area contributed by atoms with Crippen LogP contribution in [0.15, 0.2) is 53.3 Å². The van der Waals surface area contributed by atoms with Gasteiger partial charge in [-0.05, 0) is 92.4 Å². The van der Waals surface area contributed by atoms with E-state index in [1.54, 1.807) is 7.11 Å². The van der Waals surface area contributed by atoms with Crippen molar-refractivity contribution in [3.63, 3.8) is 0 Å². The van der Waals surface area contributed by atoms with Gasteiger partial charge in [-0.3, -0.25) is 9.69 Å². The van der Waals surface area contributed by atoms with Gasteiger partial charge in [-0.25, -0.2) is 0 Å². The van der Waals surface area contributed by atoms with Gasteiger partial charge in [-0.1, -0.05) is 19.1 Å². The second-order valence-corrected chi connectivity index (χ2v) is 9.06. The Balaban J connectivity index is 1.59. The molecule has 33 heavy (non-hydrogen) atoms. The molecule has 0 spiro atoms. The monoisotopic (exact) mass is 464 g/mol. The van der Waals surface area contributed by atoms with E-state index in [9.17, 15) is 4.79 Å². The fourth-order valence-electron chi connectivity index (χ4n) is 4.55. The number of nitrogens with zero attached hydrogens (tertiary/aromatic N) is 2. The minimum Gasteiger partial charge on any atom is -0.497 e. The summed E-state index contributed by atoms with van der Waals surface area (Å²) in [6.45, 7) is 7.59. The summed E-state index contributed by atoms with van der Waals surface area (Å²) < 4.78 is 5.25. The van der Waals surface area contributed by atoms with Gasteiger partial charge in [-0.15, -0.1) is 0 Å². The Bertz CT molecular complexity index is 1180. The van der Waals surface area contributed by atoms with Gasteiger partial charge in [0, 0.05) is 29.4 Å². The molecule has 2 N–H and O–H groups in total. The number of benzene rings is 2. The van der Waals surface area contributed by atoms with Crippen LogP contribution >= 0.6 is 12.2 Å². The zero-order valence-corrected chi connectivity index (χ0v) is 20.4. The summed E-state index contributed by atoms with van der Waals surface area (Å²) in [7, 11) is 1.65. The predicted octanol–water partition coefficient (Wildman–Crippen LogP) is 4.53. The number of fused-ring (bicyclic) bond motifs is 1. The third kappa shape index (κ3) is 5.54. The van der Waals surface area contributed by atoms with Crippen molar-refractivity contribution >= 4 is 33.9 Å². The molecule has 0 aliphatic carbocycles. The highest BCUT2D eigenvalue weighted by molar-refractivity contribution is 7.80. The number of hydrogen-bond donors (Lipinski definition) is 2. The van der Waals surface area contributed by atoms with E-state index in [0.29, 0.717) is 23.3 Å². The molecule has 6 nitrogen and oxygen atoms in total. The maximum atomic E-state index is 12.9. The number of aryl methyl sites for hydroxylation is 1. The lowest BCUT2D eigenvalue weighted by molar-refractivity contribution is 0.221. The van der Waals surface area contributed by atoms with Crippen molar-refractivity contribution < 1.29 is 4.74 Å². The topological polar surface area (TPSA) is 60.6 Å². The van der Waals surface area contributed by atoms with Gasteiger partial charge in [0.15, 0.2) is 5.11 Å². The average Bonchev–Trinajstić information content (AvgIpc) is 3.26. The van der Waals surface area contributed by atoms with Crippen LogP contribution in [0.4, 0.5) is 5.69 Å². The third-order valence-electron chi connectivity index (χ3n) is 6.40. The Morgan fingerprint density at radius 2 is 2.03 bits per heavy atom. The molecule has 2 heterocycles. The third-order valence-corrected chi connectivity index (χ3v) is 6.76. The van der Waals surface area contributed by atoms with Gasteiger partial charge in [0.05, 0.1) is 13.7 Å². The molecular weight excluding hydrogens is 432 g/mol. The van der Waals surface area contributed by atoms with Crippen molar-refractivity contribution in [2.75, 3.05) is 32.1 Å². The zero-order valence-electron chi connectivity index (χ0n) is 19.6. The predicted molar refractivity (Wildman–Crippen MR) is 139 cm³/mol. The number of aromatic amines is 1. The zero-order chi connectivity index (χ0) is 23.4. The van der Waals surface area contributed by atoms with Crippen molar-refractivity contribution in [2.45, 2.75) is 39.3 Å². The number of anilines is 1. The maximum absolute atomic E-state index is 12.9. The Labute approximate surface area is 200 Å². The number of methoxy groups -OCH3 is 1. The van der Waals surface area contributed by atoms with Gasteiger partial charge in [0.2, 0.25) is 0 Å². The first-order valence-electron chi connectivity index (χ1n) is 11.5. The Hall–Kier alpha value is -2.90. The molecule has 0 radical (unpaired) electrons. The van der Waals surface area contributed by atoms with Gasteiger partial charge >= 0.3 is 0 Å². The van der Waals surface area contributed by atoms with E-state index in [0.717, 1.165) is 54.0 Å². The number of hydrogen-bond acceptors (Lipinski definition) is 4. The molecule has 2 aromatic carbocycles. The van der Waals surface area contributed by atoms with E-state index in [4.69, 9.17) is 17.0 Å². The summed E-state index contributed by atoms with van der Waals surface area (Å²) in [5.74, 6) is 0.797. The summed E-state index contributed by atoms with van der Waals surface area (Å²) in [5.41, 5.74) is 3.53. The maximum Gasteiger partial charge on any atom is 0.253 e. The fourth-order valence-corrected chi connectivity index (χ4v) is 4.81. The molecule has 1 saturated heterocycles. The van der Waals surface area contributed by atoms with E-state index in [-0.39, 0.29) is 5.56 Å². The molecule has 0 unspecified atom stereocenters. The minimum absolute atomic E-state index is 0.0656. The normalized spacial score (nSPS) is 16.2. The molecule has 3 aromatic rings. The largest absolute Gasteiger partial charge is 0.497 e. The Kier molecular flexibility index (Phi) is 7.30. The summed E-state index contributed by atoms with van der Waals surface area (Å²) in [4.78, 5) is 20.6. The molecular formula is C26H32N4O2S. The van der Waals surface area contributed by atoms with Crippen LogP contribution in [0, 0.1) is 6.92 Å². The lowest BCUT2D eigenvalue weighted by Crippen LogP contribution is -2.44. The summed E-state index contributed by atoms with van der Waals surface area (Å²) in [6.07, 6.45) is 2.34. The molecule has 0 bridgehead atoms. The van der Waals surface area contributed by atoms with Crippen LogP contribution in [-0.2, 0) is 6.54 Å². The SMILES string of the molecule is CCN1CCC[C@H]1CN(Cc1cc2ccc(C)cc2[nH]c1=O)C(=S)Nc1ccc(OC)cc1. The molecule has 0 amide bonds. The first-order valence-corrected chi connectivity index (χ1v) is 11.9. The van der Waals surface area contributed by atoms with E-state index in [1.165, 1.54) is 6.42 Å². The standard InChI is InChI=1S/C26H32N4O2S/c1-4-29-13-5-6-22(29)17-30(26(33)27-21-9-11-23(32-3)12-10-21)16-20-15-19-8-7-18(2)14-24(19)28-25(20)31/h7-12,14-15,22H,4-6,13,16-17H2,1-3H3,(H,27,33)(H,28,31)/t22-/m0/s1. The van der Waals surface area contributed by atoms with Crippen molar-refractivity contribution in [3.05, 3.63) is 70.0 Å². The van der Waals surface area contributed by atoms with E-state index in [2.05, 4.69) is 39.2 Å². The Morgan fingerprint density at radius 3 is 2.76 bits per heavy atom. The van der Waals surface area contributed by atoms with Gasteiger partial charge in [0.1, 0.15) is 5.75 Å². The number of ether oxygens (including phenoxy) is 1. The van der Waals surface area contributed by atoms with Crippen LogP contribution in [0.25, 0.3) is 10.9 Å². The Morgan fingerprint density at radius 1 is 1.24 bits per heavy atom. The summed E-state index contributed by atoms with van der Waals surface area (Å²) in [6, 6.07) is 16.2. The number of nitrogens with one attached hydrogen (secondary N) is 2. The molecule has 1 aromatic heterocycles. The molecule has 7 heteroatoms. The van der Waals surface area contributed by atoms with Gasteiger partial charge in [-0.2, -0.15) is 0 Å². The number of H-pyrrole nitrogens is 1. The van der Waals surface area contributed by atoms with Crippen LogP contribution in [0.5, 0.6) is 5.75 Å². The number of likely N-dealkylation sites (N-methyl/N-ethyl adjacent to an activating group) is 1. The second-order valence-electron chi connectivity index (χ2n) is 8.68. The highest BCUT2D eigenvalue weighted by atomic mass is 32.1. The van der Waals surface area contributed by atoms with E-state index < -0.39 is 0 Å². The van der Waals surface area contributed by atoms with Crippen LogP contribution in [0.2, 0.25) is 0 Å². The number of rotatable bonds is 7. The molecule has 4 rings (SSSR count). The lowest BCUT2D eigenvalue weighted by atomic mass is 10.1. The number of pyridine rings is 1. The van der Waals surface area contributed by atoms with Crippen molar-refractivity contribution in [2.24, 2.45) is 0 Å². The minimum atomic E-state index is -0.0656.